The summed E-state index contributed by atoms with van der Waals surface area (Å²) in [5.74, 6) is -0.528. The molecule has 4 aromatic rings. The van der Waals surface area contributed by atoms with E-state index in [2.05, 4.69) is 5.32 Å². The maximum absolute atomic E-state index is 13.5. The Bertz CT molecular complexity index is 1600. The van der Waals surface area contributed by atoms with Crippen LogP contribution in [-0.4, -0.2) is 42.6 Å². The van der Waals surface area contributed by atoms with Crippen LogP contribution in [0.2, 0.25) is 0 Å². The topological polar surface area (TPSA) is 144 Å². The molecule has 1 amide bonds. The van der Waals surface area contributed by atoms with E-state index < -0.39 is 9.84 Å². The van der Waals surface area contributed by atoms with E-state index in [1.807, 2.05) is 24.3 Å². The highest BCUT2D eigenvalue weighted by Gasteiger charge is 2.25. The van der Waals surface area contributed by atoms with Crippen LogP contribution >= 0.6 is 0 Å². The molecule has 0 saturated heterocycles. The van der Waals surface area contributed by atoms with Gasteiger partial charge < -0.3 is 21.4 Å². The highest BCUT2D eigenvalue weighted by Crippen LogP contribution is 2.26. The molecule has 1 aliphatic carbocycles. The maximum atomic E-state index is 13.5. The van der Waals surface area contributed by atoms with Crippen LogP contribution in [0, 0.1) is 5.41 Å². The lowest BCUT2D eigenvalue weighted by molar-refractivity contribution is 0.0917. The summed E-state index contributed by atoms with van der Waals surface area (Å²) in [6.07, 6.45) is 3.35. The summed E-state index contributed by atoms with van der Waals surface area (Å²) in [4.78, 5) is 13.7. The zero-order valence-electron chi connectivity index (χ0n) is 20.5. The fourth-order valence-corrected chi connectivity index (χ4v) is 6.61. The van der Waals surface area contributed by atoms with Gasteiger partial charge in [0.15, 0.2) is 9.84 Å². The van der Waals surface area contributed by atoms with Crippen LogP contribution in [0.15, 0.2) is 71.6 Å². The molecule has 1 saturated carbocycles. The number of aromatic nitrogens is 1. The van der Waals surface area contributed by atoms with Crippen molar-refractivity contribution in [3.63, 3.8) is 0 Å². The number of amidine groups is 1. The maximum Gasteiger partial charge on any atom is 0.268 e. The Morgan fingerprint density at radius 1 is 0.973 bits per heavy atom. The number of aryl methyl sites for hydroxylation is 1. The molecule has 0 spiro atoms. The Hall–Kier alpha value is -3.69. The fraction of sp³-hybridized carbons (Fsp3) is 0.286. The van der Waals surface area contributed by atoms with E-state index in [1.54, 1.807) is 47.0 Å². The number of rotatable bonds is 7. The van der Waals surface area contributed by atoms with Gasteiger partial charge in [-0.25, -0.2) is 8.42 Å². The van der Waals surface area contributed by atoms with Gasteiger partial charge >= 0.3 is 0 Å². The molecule has 1 aliphatic rings. The second kappa shape index (κ2) is 9.99. The summed E-state index contributed by atoms with van der Waals surface area (Å²) < 4.78 is 28.7. The van der Waals surface area contributed by atoms with Crippen molar-refractivity contribution in [2.75, 3.05) is 5.75 Å². The van der Waals surface area contributed by atoms with Gasteiger partial charge in [-0.2, -0.15) is 0 Å². The molecule has 192 valence electrons. The molecule has 0 atom stereocenters. The van der Waals surface area contributed by atoms with Gasteiger partial charge in [0.05, 0.1) is 10.6 Å². The Labute approximate surface area is 216 Å². The van der Waals surface area contributed by atoms with Gasteiger partial charge in [-0.15, -0.1) is 0 Å². The summed E-state index contributed by atoms with van der Waals surface area (Å²) in [6, 6.07) is 19.9. The van der Waals surface area contributed by atoms with Gasteiger partial charge in [0.25, 0.3) is 5.91 Å². The SMILES string of the molecule is N=C(N)c1ccc2cc(C(=O)N[C@H]3CC[C@H](N)CC3)n(CCS(=O)(=O)c3cccc4ccccc34)c2c1. The molecule has 0 bridgehead atoms. The first-order valence-corrected chi connectivity index (χ1v) is 14.1. The Morgan fingerprint density at radius 3 is 2.46 bits per heavy atom. The average molecular weight is 518 g/mol. The van der Waals surface area contributed by atoms with Crippen molar-refractivity contribution in [3.05, 3.63) is 78.0 Å². The molecule has 0 unspecified atom stereocenters. The van der Waals surface area contributed by atoms with Crippen molar-refractivity contribution < 1.29 is 13.2 Å². The summed E-state index contributed by atoms with van der Waals surface area (Å²) in [7, 11) is -3.67. The molecule has 0 aliphatic heterocycles. The summed E-state index contributed by atoms with van der Waals surface area (Å²) >= 11 is 0. The molecule has 9 heteroatoms. The molecule has 8 nitrogen and oxygen atoms in total. The molecule has 1 fully saturated rings. The largest absolute Gasteiger partial charge is 0.384 e. The molecular formula is C28H31N5O3S. The van der Waals surface area contributed by atoms with Crippen LogP contribution in [-0.2, 0) is 16.4 Å². The third kappa shape index (κ3) is 5.10. The van der Waals surface area contributed by atoms with E-state index in [4.69, 9.17) is 16.9 Å². The second-order valence-corrected chi connectivity index (χ2v) is 11.8. The van der Waals surface area contributed by atoms with Crippen LogP contribution in [0.4, 0.5) is 0 Å². The number of carbonyl (C=O) groups excluding carboxylic acids is 1. The number of nitrogens with two attached hydrogens (primary N) is 2. The number of hydrogen-bond donors (Lipinski definition) is 4. The average Bonchev–Trinajstić information content (AvgIpc) is 3.26. The molecule has 1 aromatic heterocycles. The third-order valence-electron chi connectivity index (χ3n) is 7.22. The number of hydrogen-bond acceptors (Lipinski definition) is 5. The summed E-state index contributed by atoms with van der Waals surface area (Å²) in [5.41, 5.74) is 13.3. The lowest BCUT2D eigenvalue weighted by Gasteiger charge is -2.27. The number of carbonyl (C=O) groups is 1. The molecular weight excluding hydrogens is 486 g/mol. The minimum atomic E-state index is -3.67. The molecule has 1 heterocycles. The lowest BCUT2D eigenvalue weighted by atomic mass is 9.92. The lowest BCUT2D eigenvalue weighted by Crippen LogP contribution is -2.41. The van der Waals surface area contributed by atoms with Crippen LogP contribution in [0.3, 0.4) is 0 Å². The zero-order valence-corrected chi connectivity index (χ0v) is 21.3. The molecule has 6 N–H and O–H groups in total. The van der Waals surface area contributed by atoms with Crippen LogP contribution in [0.5, 0.6) is 0 Å². The standard InChI is InChI=1S/C28H31N5O3S/c29-21-10-12-22(13-11-21)32-28(34)25-16-19-8-9-20(27(30)31)17-24(19)33(25)14-15-37(35,36)26-7-3-5-18-4-1-2-6-23(18)26/h1-9,16-17,21-22H,10-15,29H2,(H3,30,31)(H,32,34)/t21-,22-. The first kappa shape index (κ1) is 25.0. The molecule has 3 aromatic carbocycles. The minimum Gasteiger partial charge on any atom is -0.384 e. The van der Waals surface area contributed by atoms with Gasteiger partial charge in [-0.05, 0) is 49.3 Å². The molecule has 37 heavy (non-hydrogen) atoms. The highest BCUT2D eigenvalue weighted by atomic mass is 32.2. The summed E-state index contributed by atoms with van der Waals surface area (Å²) in [6.45, 7) is 0.0781. The molecule has 0 radical (unpaired) electrons. The van der Waals surface area contributed by atoms with Crippen LogP contribution in [0.1, 0.15) is 41.7 Å². The predicted molar refractivity (Wildman–Crippen MR) is 147 cm³/mol. The van der Waals surface area contributed by atoms with Gasteiger partial charge in [0.1, 0.15) is 11.5 Å². The predicted octanol–water partition coefficient (Wildman–Crippen LogP) is 3.55. The van der Waals surface area contributed by atoms with Crippen molar-refractivity contribution >= 4 is 43.3 Å². The van der Waals surface area contributed by atoms with Crippen molar-refractivity contribution in [1.29, 1.82) is 5.41 Å². The first-order chi connectivity index (χ1) is 17.7. The smallest absolute Gasteiger partial charge is 0.268 e. The number of fused-ring (bicyclic) bond motifs is 2. The van der Waals surface area contributed by atoms with E-state index in [0.717, 1.165) is 36.5 Å². The van der Waals surface area contributed by atoms with Crippen molar-refractivity contribution in [2.24, 2.45) is 11.5 Å². The first-order valence-electron chi connectivity index (χ1n) is 12.5. The van der Waals surface area contributed by atoms with Crippen molar-refractivity contribution in [1.82, 2.24) is 9.88 Å². The van der Waals surface area contributed by atoms with Gasteiger partial charge in [-0.1, -0.05) is 48.5 Å². The Balaban J connectivity index is 1.49. The van der Waals surface area contributed by atoms with E-state index in [-0.39, 0.29) is 41.0 Å². The van der Waals surface area contributed by atoms with Gasteiger partial charge in [-0.3, -0.25) is 10.2 Å². The van der Waals surface area contributed by atoms with Gasteiger partial charge in [0, 0.05) is 40.5 Å². The summed E-state index contributed by atoms with van der Waals surface area (Å²) in [5, 5.41) is 13.3. The zero-order chi connectivity index (χ0) is 26.2. The number of benzene rings is 3. The monoisotopic (exact) mass is 517 g/mol. The van der Waals surface area contributed by atoms with Crippen LogP contribution in [0.25, 0.3) is 21.7 Å². The molecule has 5 rings (SSSR count). The van der Waals surface area contributed by atoms with E-state index in [0.29, 0.717) is 22.2 Å². The van der Waals surface area contributed by atoms with E-state index in [1.165, 1.54) is 0 Å². The highest BCUT2D eigenvalue weighted by molar-refractivity contribution is 7.91. The van der Waals surface area contributed by atoms with Gasteiger partial charge in [0.2, 0.25) is 0 Å². The number of nitrogen functional groups attached to an aromatic ring is 1. The Kier molecular flexibility index (Phi) is 6.74. The second-order valence-electron chi connectivity index (χ2n) is 9.75. The quantitative estimate of drug-likeness (QED) is 0.219. The number of nitrogens with one attached hydrogen (secondary N) is 2. The minimum absolute atomic E-state index is 0.0333. The third-order valence-corrected chi connectivity index (χ3v) is 8.97. The Morgan fingerprint density at radius 2 is 1.70 bits per heavy atom. The van der Waals surface area contributed by atoms with E-state index >= 15 is 0 Å². The fourth-order valence-electron chi connectivity index (χ4n) is 5.16. The van der Waals surface area contributed by atoms with Crippen LogP contribution < -0.4 is 16.8 Å². The number of amides is 1. The van der Waals surface area contributed by atoms with Crippen molar-refractivity contribution in [3.8, 4) is 0 Å². The number of nitrogens with zero attached hydrogens (tertiary/aromatic N) is 1. The van der Waals surface area contributed by atoms with Crippen molar-refractivity contribution in [2.45, 2.75) is 49.2 Å². The normalized spacial score (nSPS) is 18.2. The number of sulfone groups is 1. The van der Waals surface area contributed by atoms with E-state index in [9.17, 15) is 13.2 Å².